The van der Waals surface area contributed by atoms with Gasteiger partial charge in [-0.15, -0.1) is 0 Å². The molecule has 0 amide bonds. The number of aliphatic carboxylic acids is 2. The zero-order chi connectivity index (χ0) is 10.2. The van der Waals surface area contributed by atoms with Gasteiger partial charge in [0.05, 0.1) is 6.42 Å². The van der Waals surface area contributed by atoms with Crippen LogP contribution >= 0.6 is 0 Å². The summed E-state index contributed by atoms with van der Waals surface area (Å²) in [6.07, 6.45) is -2.63. The molecule has 1 aliphatic heterocycles. The van der Waals surface area contributed by atoms with Gasteiger partial charge >= 0.3 is 17.9 Å². The van der Waals surface area contributed by atoms with Gasteiger partial charge in [-0.1, -0.05) is 0 Å². The molecule has 72 valence electrons. The summed E-state index contributed by atoms with van der Waals surface area (Å²) in [5.41, 5.74) is -2.65. The van der Waals surface area contributed by atoms with Gasteiger partial charge in [-0.3, -0.25) is 4.79 Å². The Morgan fingerprint density at radius 1 is 1.46 bits per heavy atom. The van der Waals surface area contributed by atoms with Gasteiger partial charge in [0.15, 0.2) is 0 Å². The molecule has 0 spiro atoms. The minimum absolute atomic E-state index is 0.911. The molecule has 7 nitrogen and oxygen atoms in total. The van der Waals surface area contributed by atoms with E-state index in [0.717, 1.165) is 0 Å². The van der Waals surface area contributed by atoms with Crippen molar-refractivity contribution in [1.29, 1.82) is 0 Å². The molecule has 1 heterocycles. The number of cyclic esters (lactones) is 1. The fourth-order valence-corrected chi connectivity index (χ4v) is 0.886. The monoisotopic (exact) mass is 190 g/mol. The van der Waals surface area contributed by atoms with Gasteiger partial charge in [0.1, 0.15) is 0 Å². The van der Waals surface area contributed by atoms with Crippen molar-refractivity contribution >= 4 is 17.9 Å². The van der Waals surface area contributed by atoms with Crippen LogP contribution in [0, 0.1) is 0 Å². The van der Waals surface area contributed by atoms with E-state index in [1.165, 1.54) is 0 Å². The number of hydrogen-bond donors (Lipinski definition) is 3. The maximum absolute atomic E-state index is 10.4. The van der Waals surface area contributed by atoms with Gasteiger partial charge in [-0.25, -0.2) is 9.59 Å². The van der Waals surface area contributed by atoms with Gasteiger partial charge in [0.25, 0.3) is 0 Å². The van der Waals surface area contributed by atoms with Gasteiger partial charge in [0.2, 0.25) is 11.7 Å². The summed E-state index contributed by atoms with van der Waals surface area (Å²) < 4.78 is 4.11. The lowest BCUT2D eigenvalue weighted by Gasteiger charge is -2.15. The van der Waals surface area contributed by atoms with Crippen LogP contribution in [0.4, 0.5) is 0 Å². The Bertz CT molecular complexity index is 283. The summed E-state index contributed by atoms with van der Waals surface area (Å²) in [7, 11) is 0. The Morgan fingerprint density at radius 2 is 1.92 bits per heavy atom. The number of hydrogen-bond acceptors (Lipinski definition) is 5. The molecule has 3 N–H and O–H groups in total. The molecule has 2 unspecified atom stereocenters. The second-order valence-corrected chi connectivity index (χ2v) is 2.62. The molecule has 0 radical (unpaired) electrons. The molecule has 1 rings (SSSR count). The maximum Gasteiger partial charge on any atom is 0.352 e. The summed E-state index contributed by atoms with van der Waals surface area (Å²) in [4.78, 5) is 31.0. The van der Waals surface area contributed by atoms with Crippen LogP contribution in [0.15, 0.2) is 0 Å². The van der Waals surface area contributed by atoms with Crippen LogP contribution in [-0.2, 0) is 19.1 Å². The predicted octanol–water partition coefficient (Wildman–Crippen LogP) is -1.80. The van der Waals surface area contributed by atoms with Crippen LogP contribution in [-0.4, -0.2) is 44.9 Å². The number of rotatable bonds is 4. The molecule has 0 aromatic carbocycles. The Balaban J connectivity index is 2.81. The molecule has 0 aromatic heterocycles. The normalized spacial score (nSPS) is 24.4. The molecular weight excluding hydrogens is 184 g/mol. The molecule has 0 aliphatic carbocycles. The first-order chi connectivity index (χ1) is 5.88. The van der Waals surface area contributed by atoms with Crippen molar-refractivity contribution in [3.8, 4) is 0 Å². The van der Waals surface area contributed by atoms with Crippen LogP contribution in [0.2, 0.25) is 0 Å². The molecule has 1 aliphatic rings. The van der Waals surface area contributed by atoms with E-state index in [1.807, 2.05) is 0 Å². The molecule has 0 bridgehead atoms. The minimum Gasteiger partial charge on any atom is -0.481 e. The number of ether oxygens (including phenoxy) is 1. The molecular formula is C6H6O7. The highest BCUT2D eigenvalue weighted by molar-refractivity contribution is 5.98. The highest BCUT2D eigenvalue weighted by Crippen LogP contribution is 2.29. The number of carboxylic acids is 2. The topological polar surface area (TPSA) is 124 Å². The van der Waals surface area contributed by atoms with E-state index in [2.05, 4.69) is 4.74 Å². The lowest BCUT2D eigenvalue weighted by molar-refractivity contribution is -0.167. The van der Waals surface area contributed by atoms with Crippen LogP contribution in [0.25, 0.3) is 0 Å². The van der Waals surface area contributed by atoms with Crippen molar-refractivity contribution in [2.45, 2.75) is 18.1 Å². The standard InChI is InChI=1S/C6H6O7/c7-2(8)1-6(12,5(10)11)3-4(9)13-3/h3,12H,1H2,(H,7,8)(H,10,11). The fourth-order valence-electron chi connectivity index (χ4n) is 0.886. The lowest BCUT2D eigenvalue weighted by Crippen LogP contribution is -2.46. The Labute approximate surface area is 71.5 Å². The zero-order valence-electron chi connectivity index (χ0n) is 6.26. The highest BCUT2D eigenvalue weighted by Gasteiger charge is 2.61. The van der Waals surface area contributed by atoms with E-state index >= 15 is 0 Å². The summed E-state index contributed by atoms with van der Waals surface area (Å²) >= 11 is 0. The molecule has 13 heavy (non-hydrogen) atoms. The van der Waals surface area contributed by atoms with Crippen molar-refractivity contribution < 1.29 is 34.4 Å². The van der Waals surface area contributed by atoms with E-state index in [4.69, 9.17) is 10.2 Å². The Morgan fingerprint density at radius 3 is 2.15 bits per heavy atom. The molecule has 1 saturated heterocycles. The second kappa shape index (κ2) is 2.70. The van der Waals surface area contributed by atoms with Gasteiger partial charge < -0.3 is 20.1 Å². The molecule has 0 aromatic rings. The third kappa shape index (κ3) is 1.59. The van der Waals surface area contributed by atoms with Crippen molar-refractivity contribution in [1.82, 2.24) is 0 Å². The highest BCUT2D eigenvalue weighted by atomic mass is 16.7. The van der Waals surface area contributed by atoms with Crippen molar-refractivity contribution in [2.24, 2.45) is 0 Å². The average molecular weight is 190 g/mol. The van der Waals surface area contributed by atoms with Crippen LogP contribution in [0.1, 0.15) is 6.42 Å². The maximum atomic E-state index is 10.4. The summed E-state index contributed by atoms with van der Waals surface area (Å²) in [5.74, 6) is -4.22. The molecule has 2 atom stereocenters. The number of aliphatic hydroxyl groups is 1. The summed E-state index contributed by atoms with van der Waals surface area (Å²) in [6.45, 7) is 0. The Hall–Kier alpha value is -1.63. The Kier molecular flexibility index (Phi) is 1.96. The lowest BCUT2D eigenvalue weighted by atomic mass is 9.96. The zero-order valence-corrected chi connectivity index (χ0v) is 6.26. The van der Waals surface area contributed by atoms with Crippen LogP contribution in [0.3, 0.4) is 0 Å². The van der Waals surface area contributed by atoms with E-state index in [9.17, 15) is 19.5 Å². The SMILES string of the molecule is O=C(O)CC(O)(C(=O)O)C1OC1=O. The quantitative estimate of drug-likeness (QED) is 0.446. The van der Waals surface area contributed by atoms with Crippen LogP contribution in [0.5, 0.6) is 0 Å². The molecule has 1 fully saturated rings. The fraction of sp³-hybridized carbons (Fsp3) is 0.500. The third-order valence-corrected chi connectivity index (χ3v) is 1.62. The smallest absolute Gasteiger partial charge is 0.352 e. The summed E-state index contributed by atoms with van der Waals surface area (Å²) in [5, 5.41) is 26.0. The van der Waals surface area contributed by atoms with Crippen molar-refractivity contribution in [3.63, 3.8) is 0 Å². The number of carbonyl (C=O) groups is 3. The minimum atomic E-state index is -2.65. The van der Waals surface area contributed by atoms with Gasteiger partial charge in [-0.05, 0) is 0 Å². The van der Waals surface area contributed by atoms with E-state index in [1.54, 1.807) is 0 Å². The number of carbonyl (C=O) groups excluding carboxylic acids is 1. The largest absolute Gasteiger partial charge is 0.481 e. The molecule has 0 saturated carbocycles. The first kappa shape index (κ1) is 9.46. The first-order valence-corrected chi connectivity index (χ1v) is 3.26. The van der Waals surface area contributed by atoms with Gasteiger partial charge in [0, 0.05) is 0 Å². The predicted molar refractivity (Wildman–Crippen MR) is 34.7 cm³/mol. The van der Waals surface area contributed by atoms with Crippen molar-refractivity contribution in [3.05, 3.63) is 0 Å². The average Bonchev–Trinajstić information content (AvgIpc) is 2.65. The second-order valence-electron chi connectivity index (χ2n) is 2.62. The van der Waals surface area contributed by atoms with Crippen molar-refractivity contribution in [2.75, 3.05) is 0 Å². The van der Waals surface area contributed by atoms with E-state index in [-0.39, 0.29) is 0 Å². The third-order valence-electron chi connectivity index (χ3n) is 1.62. The van der Waals surface area contributed by atoms with E-state index in [0.29, 0.717) is 0 Å². The number of carboxylic acid groups (broad SMARTS) is 2. The first-order valence-electron chi connectivity index (χ1n) is 3.26. The van der Waals surface area contributed by atoms with Gasteiger partial charge in [-0.2, -0.15) is 0 Å². The molecule has 7 heteroatoms. The number of epoxide rings is 1. The van der Waals surface area contributed by atoms with E-state index < -0.39 is 36.0 Å². The summed E-state index contributed by atoms with van der Waals surface area (Å²) in [6, 6.07) is 0. The van der Waals surface area contributed by atoms with Crippen LogP contribution < -0.4 is 0 Å².